The van der Waals surface area contributed by atoms with Crippen LogP contribution in [0.15, 0.2) is 0 Å². The van der Waals surface area contributed by atoms with E-state index in [1.807, 2.05) is 0 Å². The van der Waals surface area contributed by atoms with Crippen LogP contribution in [0.1, 0.15) is 66.7 Å². The van der Waals surface area contributed by atoms with Gasteiger partial charge in [0.05, 0.1) is 5.41 Å². The molecule has 100 valence electrons. The quantitative estimate of drug-likeness (QED) is 0.674. The second-order valence-electron chi connectivity index (χ2n) is 6.27. The Balaban J connectivity index is 2.64. The molecule has 0 heterocycles. The number of carbonyl (C=O) groups excluding carboxylic acids is 1. The Morgan fingerprint density at radius 2 is 1.76 bits per heavy atom. The molecule has 2 nitrogen and oxygen atoms in total. The van der Waals surface area contributed by atoms with Crippen LogP contribution in [0.5, 0.6) is 0 Å². The summed E-state index contributed by atoms with van der Waals surface area (Å²) in [6.45, 7) is 10.7. The molecule has 0 aromatic rings. The van der Waals surface area contributed by atoms with Crippen LogP contribution < -0.4 is 0 Å². The molecule has 2 heteroatoms. The minimum absolute atomic E-state index is 0.0361. The maximum Gasteiger partial charge on any atom is 0.312 e. The van der Waals surface area contributed by atoms with Gasteiger partial charge in [0.2, 0.25) is 0 Å². The molecule has 2 unspecified atom stereocenters. The third-order valence-electron chi connectivity index (χ3n) is 4.30. The molecular formula is C15H28O2. The lowest BCUT2D eigenvalue weighted by Crippen LogP contribution is -2.36. The third-order valence-corrected chi connectivity index (χ3v) is 4.30. The molecule has 1 saturated carbocycles. The van der Waals surface area contributed by atoms with Crippen molar-refractivity contribution in [3.63, 3.8) is 0 Å². The first kappa shape index (κ1) is 14.5. The zero-order valence-electron chi connectivity index (χ0n) is 12.1. The largest absolute Gasteiger partial charge is 0.461 e. The van der Waals surface area contributed by atoms with E-state index in [-0.39, 0.29) is 17.5 Å². The van der Waals surface area contributed by atoms with Gasteiger partial charge in [0.25, 0.3) is 0 Å². The number of ether oxygens (including phenoxy) is 1. The topological polar surface area (TPSA) is 26.3 Å². The number of hydrogen-bond donors (Lipinski definition) is 0. The zero-order chi connectivity index (χ0) is 13.1. The van der Waals surface area contributed by atoms with Crippen LogP contribution in [0.3, 0.4) is 0 Å². The SMILES string of the molecule is CCC(C)C(OC(=O)C1(C)CCCC1)C(C)C. The van der Waals surface area contributed by atoms with E-state index in [0.717, 1.165) is 19.3 Å². The van der Waals surface area contributed by atoms with Crippen LogP contribution in [-0.2, 0) is 9.53 Å². The highest BCUT2D eigenvalue weighted by molar-refractivity contribution is 5.76. The maximum atomic E-state index is 12.3. The van der Waals surface area contributed by atoms with E-state index in [1.165, 1.54) is 12.8 Å². The molecule has 0 aromatic heterocycles. The van der Waals surface area contributed by atoms with Gasteiger partial charge in [-0.05, 0) is 31.6 Å². The van der Waals surface area contributed by atoms with Gasteiger partial charge in [-0.15, -0.1) is 0 Å². The highest BCUT2D eigenvalue weighted by Crippen LogP contribution is 2.39. The average Bonchev–Trinajstić information content (AvgIpc) is 2.72. The number of rotatable bonds is 5. The summed E-state index contributed by atoms with van der Waals surface area (Å²) in [5.41, 5.74) is -0.208. The van der Waals surface area contributed by atoms with Crippen LogP contribution in [-0.4, -0.2) is 12.1 Å². The summed E-state index contributed by atoms with van der Waals surface area (Å²) >= 11 is 0. The van der Waals surface area contributed by atoms with Crippen molar-refractivity contribution >= 4 is 5.97 Å². The van der Waals surface area contributed by atoms with Crippen LogP contribution in [0.25, 0.3) is 0 Å². The first-order valence-electron chi connectivity index (χ1n) is 7.12. The van der Waals surface area contributed by atoms with Crippen molar-refractivity contribution in [2.24, 2.45) is 17.3 Å². The summed E-state index contributed by atoms with van der Waals surface area (Å²) in [5, 5.41) is 0. The first-order valence-corrected chi connectivity index (χ1v) is 7.12. The van der Waals surface area contributed by atoms with Crippen molar-refractivity contribution in [2.75, 3.05) is 0 Å². The van der Waals surface area contributed by atoms with E-state index in [1.54, 1.807) is 0 Å². The van der Waals surface area contributed by atoms with Crippen molar-refractivity contribution in [1.29, 1.82) is 0 Å². The van der Waals surface area contributed by atoms with Gasteiger partial charge in [-0.25, -0.2) is 0 Å². The fourth-order valence-electron chi connectivity index (χ4n) is 2.77. The van der Waals surface area contributed by atoms with Gasteiger partial charge < -0.3 is 4.74 Å². The van der Waals surface area contributed by atoms with Gasteiger partial charge in [-0.2, -0.15) is 0 Å². The summed E-state index contributed by atoms with van der Waals surface area (Å²) in [6, 6.07) is 0. The number of carbonyl (C=O) groups is 1. The normalized spacial score (nSPS) is 22.5. The number of esters is 1. The minimum atomic E-state index is -0.208. The Kier molecular flexibility index (Phi) is 5.03. The molecule has 0 amide bonds. The third kappa shape index (κ3) is 3.46. The molecule has 0 radical (unpaired) electrons. The fraction of sp³-hybridized carbons (Fsp3) is 0.933. The predicted octanol–water partition coefficient (Wildman–Crippen LogP) is 4.18. The molecule has 0 bridgehead atoms. The summed E-state index contributed by atoms with van der Waals surface area (Å²) in [7, 11) is 0. The molecule has 0 aliphatic heterocycles. The van der Waals surface area contributed by atoms with E-state index < -0.39 is 0 Å². The van der Waals surface area contributed by atoms with Crippen LogP contribution in [0.2, 0.25) is 0 Å². The summed E-state index contributed by atoms with van der Waals surface area (Å²) < 4.78 is 5.81. The molecule has 2 atom stereocenters. The van der Waals surface area contributed by atoms with Gasteiger partial charge in [0, 0.05) is 0 Å². The van der Waals surface area contributed by atoms with Crippen molar-refractivity contribution in [3.05, 3.63) is 0 Å². The van der Waals surface area contributed by atoms with E-state index in [4.69, 9.17) is 4.74 Å². The molecule has 1 fully saturated rings. The lowest BCUT2D eigenvalue weighted by atomic mass is 9.88. The highest BCUT2D eigenvalue weighted by atomic mass is 16.5. The second-order valence-corrected chi connectivity index (χ2v) is 6.27. The minimum Gasteiger partial charge on any atom is -0.461 e. The smallest absolute Gasteiger partial charge is 0.312 e. The summed E-state index contributed by atoms with van der Waals surface area (Å²) in [4.78, 5) is 12.3. The predicted molar refractivity (Wildman–Crippen MR) is 70.7 cm³/mol. The van der Waals surface area contributed by atoms with Crippen molar-refractivity contribution < 1.29 is 9.53 Å². The molecule has 1 aliphatic carbocycles. The Hall–Kier alpha value is -0.530. The fourth-order valence-corrected chi connectivity index (χ4v) is 2.77. The van der Waals surface area contributed by atoms with E-state index in [0.29, 0.717) is 11.8 Å². The molecule has 17 heavy (non-hydrogen) atoms. The monoisotopic (exact) mass is 240 g/mol. The molecule has 0 spiro atoms. The zero-order valence-corrected chi connectivity index (χ0v) is 12.1. The summed E-state index contributed by atoms with van der Waals surface area (Å²) in [5.74, 6) is 0.886. The van der Waals surface area contributed by atoms with Gasteiger partial charge >= 0.3 is 5.97 Å². The first-order chi connectivity index (χ1) is 7.90. The lowest BCUT2D eigenvalue weighted by molar-refractivity contribution is -0.165. The van der Waals surface area contributed by atoms with Crippen molar-refractivity contribution in [1.82, 2.24) is 0 Å². The molecule has 1 aliphatic rings. The molecule has 0 saturated heterocycles. The van der Waals surface area contributed by atoms with E-state index >= 15 is 0 Å². The van der Waals surface area contributed by atoms with E-state index in [2.05, 4.69) is 34.6 Å². The van der Waals surface area contributed by atoms with Crippen LogP contribution in [0, 0.1) is 17.3 Å². The Morgan fingerprint density at radius 1 is 1.24 bits per heavy atom. The second kappa shape index (κ2) is 5.88. The Morgan fingerprint density at radius 3 is 2.18 bits per heavy atom. The average molecular weight is 240 g/mol. The highest BCUT2D eigenvalue weighted by Gasteiger charge is 2.39. The molecule has 0 aromatic carbocycles. The van der Waals surface area contributed by atoms with E-state index in [9.17, 15) is 4.79 Å². The number of hydrogen-bond acceptors (Lipinski definition) is 2. The van der Waals surface area contributed by atoms with Gasteiger partial charge in [0.1, 0.15) is 6.10 Å². The van der Waals surface area contributed by atoms with Crippen LogP contribution >= 0.6 is 0 Å². The van der Waals surface area contributed by atoms with Crippen molar-refractivity contribution in [3.8, 4) is 0 Å². The molecule has 0 N–H and O–H groups in total. The molecule has 1 rings (SSSR count). The Labute approximate surface area is 106 Å². The molecular weight excluding hydrogens is 212 g/mol. The van der Waals surface area contributed by atoms with Gasteiger partial charge in [-0.3, -0.25) is 4.79 Å². The van der Waals surface area contributed by atoms with Gasteiger partial charge in [-0.1, -0.05) is 47.0 Å². The standard InChI is InChI=1S/C15H28O2/c1-6-12(4)13(11(2)3)17-14(16)15(5)9-7-8-10-15/h11-13H,6-10H2,1-5H3. The van der Waals surface area contributed by atoms with Gasteiger partial charge in [0.15, 0.2) is 0 Å². The van der Waals surface area contributed by atoms with Crippen molar-refractivity contribution in [2.45, 2.75) is 72.8 Å². The van der Waals surface area contributed by atoms with Crippen LogP contribution in [0.4, 0.5) is 0 Å². The maximum absolute atomic E-state index is 12.3. The summed E-state index contributed by atoms with van der Waals surface area (Å²) in [6.07, 6.45) is 5.47. The lowest BCUT2D eigenvalue weighted by Gasteiger charge is -2.31. The Bertz CT molecular complexity index is 252.